The number of hydrogen-bond donors (Lipinski definition) is 0. The number of nitrogens with zero attached hydrogens (tertiary/aromatic N) is 2. The smallest absolute Gasteiger partial charge is 0.223 e. The van der Waals surface area contributed by atoms with Crippen molar-refractivity contribution in [2.75, 3.05) is 37.3 Å². The van der Waals surface area contributed by atoms with Crippen LogP contribution in [0.2, 0.25) is 0 Å². The third-order valence-electron chi connectivity index (χ3n) is 4.80. The van der Waals surface area contributed by atoms with Gasteiger partial charge in [-0.3, -0.25) is 9.59 Å². The van der Waals surface area contributed by atoms with Crippen LogP contribution in [-0.4, -0.2) is 49.0 Å². The fraction of sp³-hybridized carbons (Fsp3) is 0.333. The van der Waals surface area contributed by atoms with E-state index in [0.717, 1.165) is 10.6 Å². The van der Waals surface area contributed by atoms with Crippen LogP contribution in [-0.2, 0) is 4.79 Å². The highest BCUT2D eigenvalue weighted by Crippen LogP contribution is 2.18. The molecule has 0 spiro atoms. The molecule has 2 aromatic carbocycles. The molecule has 0 N–H and O–H groups in total. The van der Waals surface area contributed by atoms with E-state index >= 15 is 0 Å². The predicted octanol–water partition coefficient (Wildman–Crippen LogP) is 3.86. The predicted molar refractivity (Wildman–Crippen MR) is 107 cm³/mol. The molecule has 27 heavy (non-hydrogen) atoms. The monoisotopic (exact) mass is 386 g/mol. The van der Waals surface area contributed by atoms with Crippen LogP contribution in [0.15, 0.2) is 53.4 Å². The Kier molecular flexibility index (Phi) is 6.50. The van der Waals surface area contributed by atoms with Gasteiger partial charge in [0.1, 0.15) is 5.82 Å². The molecule has 0 saturated carbocycles. The van der Waals surface area contributed by atoms with Crippen LogP contribution < -0.4 is 4.90 Å². The second kappa shape index (κ2) is 9.04. The number of ketones is 1. The van der Waals surface area contributed by atoms with Crippen LogP contribution in [0.5, 0.6) is 0 Å². The Morgan fingerprint density at radius 3 is 2.15 bits per heavy atom. The molecule has 3 rings (SSSR count). The Labute approximate surface area is 163 Å². The number of amides is 1. The van der Waals surface area contributed by atoms with Crippen LogP contribution in [0.25, 0.3) is 0 Å². The fourth-order valence-electron chi connectivity index (χ4n) is 3.17. The highest BCUT2D eigenvalue weighted by molar-refractivity contribution is 7.98. The van der Waals surface area contributed by atoms with Crippen molar-refractivity contribution < 1.29 is 14.0 Å². The molecule has 0 bridgehead atoms. The number of rotatable bonds is 6. The Morgan fingerprint density at radius 1 is 0.926 bits per heavy atom. The summed E-state index contributed by atoms with van der Waals surface area (Å²) < 4.78 is 13.0. The van der Waals surface area contributed by atoms with Crippen LogP contribution in [0, 0.1) is 5.82 Å². The molecule has 2 aromatic rings. The maximum atomic E-state index is 13.0. The topological polar surface area (TPSA) is 40.6 Å². The van der Waals surface area contributed by atoms with E-state index in [0.29, 0.717) is 31.7 Å². The quantitative estimate of drug-likeness (QED) is 0.558. The number of benzene rings is 2. The lowest BCUT2D eigenvalue weighted by Crippen LogP contribution is -2.48. The number of halogens is 1. The number of piperazine rings is 1. The van der Waals surface area contributed by atoms with E-state index in [1.54, 1.807) is 23.9 Å². The average Bonchev–Trinajstić information content (AvgIpc) is 2.72. The molecular weight excluding hydrogens is 363 g/mol. The molecule has 0 unspecified atom stereocenters. The Hall–Kier alpha value is -2.34. The lowest BCUT2D eigenvalue weighted by molar-refractivity contribution is -0.131. The van der Waals surface area contributed by atoms with Crippen molar-refractivity contribution in [1.82, 2.24) is 4.90 Å². The Bertz CT molecular complexity index is 785. The number of hydrogen-bond acceptors (Lipinski definition) is 4. The van der Waals surface area contributed by atoms with E-state index in [9.17, 15) is 14.0 Å². The molecule has 0 atom stereocenters. The average molecular weight is 386 g/mol. The summed E-state index contributed by atoms with van der Waals surface area (Å²) in [5, 5.41) is 0. The fourth-order valence-corrected chi connectivity index (χ4v) is 3.57. The van der Waals surface area contributed by atoms with Crippen LogP contribution in [0.4, 0.5) is 10.1 Å². The minimum absolute atomic E-state index is 0.000881. The molecule has 1 saturated heterocycles. The zero-order valence-electron chi connectivity index (χ0n) is 15.4. The molecule has 1 aliphatic heterocycles. The van der Waals surface area contributed by atoms with Crippen molar-refractivity contribution in [2.45, 2.75) is 17.7 Å². The van der Waals surface area contributed by atoms with Crippen molar-refractivity contribution in [3.05, 3.63) is 59.9 Å². The molecule has 142 valence electrons. The zero-order chi connectivity index (χ0) is 19.2. The number of carbonyl (C=O) groups excluding carboxylic acids is 2. The highest BCUT2D eigenvalue weighted by Gasteiger charge is 2.22. The van der Waals surface area contributed by atoms with Gasteiger partial charge in [-0.2, -0.15) is 0 Å². The van der Waals surface area contributed by atoms with Crippen molar-refractivity contribution in [3.63, 3.8) is 0 Å². The van der Waals surface area contributed by atoms with Gasteiger partial charge in [0.15, 0.2) is 5.78 Å². The van der Waals surface area contributed by atoms with E-state index in [-0.39, 0.29) is 30.3 Å². The molecule has 1 aliphatic rings. The minimum atomic E-state index is -0.250. The number of Topliss-reactive ketones (excluding diaryl/α,β-unsaturated/α-hetero) is 1. The summed E-state index contributed by atoms with van der Waals surface area (Å²) in [6.07, 6.45) is 2.46. The third-order valence-corrected chi connectivity index (χ3v) is 5.55. The van der Waals surface area contributed by atoms with Gasteiger partial charge in [-0.25, -0.2) is 4.39 Å². The van der Waals surface area contributed by atoms with Crippen molar-refractivity contribution in [1.29, 1.82) is 0 Å². The summed E-state index contributed by atoms with van der Waals surface area (Å²) in [5.74, 6) is -0.232. The van der Waals surface area contributed by atoms with Gasteiger partial charge in [0.25, 0.3) is 0 Å². The summed E-state index contributed by atoms with van der Waals surface area (Å²) in [6, 6.07) is 13.9. The largest absolute Gasteiger partial charge is 0.368 e. The SMILES string of the molecule is CSc1ccc(C(=O)CCC(=O)N2CCN(c3ccc(F)cc3)CC2)cc1. The Morgan fingerprint density at radius 2 is 1.56 bits per heavy atom. The maximum Gasteiger partial charge on any atom is 0.223 e. The first-order chi connectivity index (χ1) is 13.1. The lowest BCUT2D eigenvalue weighted by atomic mass is 10.1. The van der Waals surface area contributed by atoms with Crippen LogP contribution in [0.3, 0.4) is 0 Å². The number of anilines is 1. The molecule has 6 heteroatoms. The van der Waals surface area contributed by atoms with Crippen molar-refractivity contribution >= 4 is 29.1 Å². The van der Waals surface area contributed by atoms with E-state index < -0.39 is 0 Å². The second-order valence-electron chi connectivity index (χ2n) is 6.50. The van der Waals surface area contributed by atoms with Crippen molar-refractivity contribution in [2.24, 2.45) is 0 Å². The summed E-state index contributed by atoms with van der Waals surface area (Å²) in [5.41, 5.74) is 1.62. The van der Waals surface area contributed by atoms with E-state index in [1.165, 1.54) is 12.1 Å². The van der Waals surface area contributed by atoms with Gasteiger partial charge in [0.05, 0.1) is 0 Å². The number of carbonyl (C=O) groups is 2. The standard InChI is InChI=1S/C21H23FN2O2S/c1-27-19-8-2-16(3-9-19)20(25)10-11-21(26)24-14-12-23(13-15-24)18-6-4-17(22)5-7-18/h2-9H,10-15H2,1H3. The molecule has 1 heterocycles. The van der Waals surface area contributed by atoms with Gasteiger partial charge >= 0.3 is 0 Å². The normalized spacial score (nSPS) is 14.3. The molecular formula is C21H23FN2O2S. The first-order valence-electron chi connectivity index (χ1n) is 9.02. The summed E-state index contributed by atoms with van der Waals surface area (Å²) in [7, 11) is 0. The van der Waals surface area contributed by atoms with E-state index in [1.807, 2.05) is 35.4 Å². The van der Waals surface area contributed by atoms with Crippen LogP contribution >= 0.6 is 11.8 Å². The molecule has 1 amide bonds. The molecule has 0 radical (unpaired) electrons. The zero-order valence-corrected chi connectivity index (χ0v) is 16.2. The van der Waals surface area contributed by atoms with Gasteiger partial charge in [0, 0.05) is 55.2 Å². The summed E-state index contributed by atoms with van der Waals surface area (Å²) >= 11 is 1.63. The molecule has 0 aromatic heterocycles. The van der Waals surface area contributed by atoms with Gasteiger partial charge in [-0.15, -0.1) is 11.8 Å². The van der Waals surface area contributed by atoms with E-state index in [4.69, 9.17) is 0 Å². The van der Waals surface area contributed by atoms with Gasteiger partial charge in [-0.05, 0) is 42.7 Å². The summed E-state index contributed by atoms with van der Waals surface area (Å²) in [6.45, 7) is 2.66. The van der Waals surface area contributed by atoms with Gasteiger partial charge in [-0.1, -0.05) is 12.1 Å². The van der Waals surface area contributed by atoms with Gasteiger partial charge < -0.3 is 9.80 Å². The Balaban J connectivity index is 1.46. The summed E-state index contributed by atoms with van der Waals surface area (Å²) in [4.78, 5) is 29.8. The lowest BCUT2D eigenvalue weighted by Gasteiger charge is -2.36. The van der Waals surface area contributed by atoms with E-state index in [2.05, 4.69) is 4.90 Å². The number of thioether (sulfide) groups is 1. The molecule has 0 aliphatic carbocycles. The first-order valence-corrected chi connectivity index (χ1v) is 10.2. The molecule has 4 nitrogen and oxygen atoms in total. The molecule has 1 fully saturated rings. The maximum absolute atomic E-state index is 13.0. The third kappa shape index (κ3) is 5.10. The minimum Gasteiger partial charge on any atom is -0.368 e. The first kappa shape index (κ1) is 19.4. The van der Waals surface area contributed by atoms with Crippen molar-refractivity contribution in [3.8, 4) is 0 Å². The second-order valence-corrected chi connectivity index (χ2v) is 7.38. The van der Waals surface area contributed by atoms with Crippen LogP contribution in [0.1, 0.15) is 23.2 Å². The highest BCUT2D eigenvalue weighted by atomic mass is 32.2. The van der Waals surface area contributed by atoms with Gasteiger partial charge in [0.2, 0.25) is 5.91 Å².